The molecule has 0 amide bonds. The predicted octanol–water partition coefficient (Wildman–Crippen LogP) is 2.88. The zero-order chi connectivity index (χ0) is 60.0. The van der Waals surface area contributed by atoms with Gasteiger partial charge in [0.25, 0.3) is 0 Å². The maximum absolute atomic E-state index is 12.2. The molecule has 0 fully saturated rings. The van der Waals surface area contributed by atoms with E-state index >= 15 is 0 Å². The molecule has 0 aliphatic carbocycles. The number of carbonyl (C=O) groups is 1. The van der Waals surface area contributed by atoms with E-state index in [-0.39, 0.29) is 31.0 Å². The van der Waals surface area contributed by atoms with Crippen LogP contribution in [0.5, 0.6) is 0 Å². The van der Waals surface area contributed by atoms with Gasteiger partial charge in [0.05, 0.1) is 303 Å². The number of hydrogen-bond donors (Lipinski definition) is 1. The smallest absolute Gasteiger partial charge is 0.312 e. The van der Waals surface area contributed by atoms with Crippen LogP contribution < -0.4 is 0 Å². The lowest BCUT2D eigenvalue weighted by Gasteiger charge is -2.10. The second-order valence-electron chi connectivity index (χ2n) is 17.7. The number of ether oxygens (including phenoxy) is 23. The van der Waals surface area contributed by atoms with Gasteiger partial charge in [-0.15, -0.1) is 0 Å². The lowest BCUT2D eigenvalue weighted by atomic mass is 9.99. The highest BCUT2D eigenvalue weighted by Crippen LogP contribution is 2.17. The lowest BCUT2D eigenvalue weighted by Crippen LogP contribution is -2.17. The topological polar surface area (TPSA) is 250 Å². The minimum atomic E-state index is -0.322. The minimum Gasteiger partial charge on any atom is -0.463 e. The largest absolute Gasteiger partial charge is 0.463 e. The van der Waals surface area contributed by atoms with Gasteiger partial charge in [-0.3, -0.25) is 4.79 Å². The Balaban J connectivity index is 1.62. The van der Waals surface area contributed by atoms with E-state index in [1.54, 1.807) is 0 Å². The Labute approximate surface area is 501 Å². The van der Waals surface area contributed by atoms with Gasteiger partial charge in [0, 0.05) is 0 Å². The molecule has 0 radical (unpaired) electrons. The summed E-state index contributed by atoms with van der Waals surface area (Å²) in [5.41, 5.74) is 1.20. The first-order valence-corrected chi connectivity index (χ1v) is 29.9. The monoisotopic (exact) mass is 1220 g/mol. The van der Waals surface area contributed by atoms with E-state index in [2.05, 4.69) is 19.1 Å². The molecule has 0 aliphatic heterocycles. The maximum Gasteiger partial charge on any atom is 0.312 e. The van der Waals surface area contributed by atoms with Gasteiger partial charge in [-0.2, -0.15) is 0 Å². The van der Waals surface area contributed by atoms with Crippen LogP contribution in [0.15, 0.2) is 42.5 Å². The molecule has 25 heteroatoms. The molecule has 1 aromatic rings. The summed E-state index contributed by atoms with van der Waals surface area (Å²) in [6.45, 7) is 24.9. The van der Waals surface area contributed by atoms with Gasteiger partial charge < -0.3 is 114 Å². The fraction of sp³-hybridized carbons (Fsp3) is 0.847. The highest BCUT2D eigenvalue weighted by molar-refractivity contribution is 5.74. The summed E-state index contributed by atoms with van der Waals surface area (Å²) in [7, 11) is 0. The van der Waals surface area contributed by atoms with Crippen molar-refractivity contribution in [3.8, 4) is 0 Å². The number of carbonyl (C=O) groups excluding carboxylic acids is 1. The average molecular weight is 1220 g/mol. The first-order chi connectivity index (χ1) is 41.6. The molecule has 0 saturated heterocycles. The summed E-state index contributed by atoms with van der Waals surface area (Å²) in [6, 6.07) is 10.1. The molecule has 0 aliphatic rings. The predicted molar refractivity (Wildman–Crippen MR) is 309 cm³/mol. The number of allylic oxidation sites excluding steroid dienone is 1. The SMILES string of the molecule is CC(C=CC(C)c1ccccc1)C(=O)OCCOCCOCCOCCOCCOCCOCCOCCOCCOCCOCCOCCOCCOCCOCCOCCOCCOCCOCCOCCOCCOCCOCCO. The van der Waals surface area contributed by atoms with E-state index in [9.17, 15) is 4.79 Å². The van der Waals surface area contributed by atoms with E-state index in [1.165, 1.54) is 5.56 Å². The third kappa shape index (κ3) is 62.6. The molecule has 0 heterocycles. The van der Waals surface area contributed by atoms with Gasteiger partial charge in [0.15, 0.2) is 0 Å². The zero-order valence-corrected chi connectivity index (χ0v) is 51.0. The van der Waals surface area contributed by atoms with Crippen molar-refractivity contribution >= 4 is 5.97 Å². The molecule has 0 spiro atoms. The Morgan fingerprint density at radius 3 is 0.655 bits per heavy atom. The maximum atomic E-state index is 12.2. The molecule has 0 bridgehead atoms. The van der Waals surface area contributed by atoms with Crippen molar-refractivity contribution in [1.29, 1.82) is 0 Å². The summed E-state index contributed by atoms with van der Waals surface area (Å²) in [4.78, 5) is 12.2. The second-order valence-corrected chi connectivity index (χ2v) is 17.7. The fourth-order valence-electron chi connectivity index (χ4n) is 6.40. The first-order valence-electron chi connectivity index (χ1n) is 29.9. The molecule has 84 heavy (non-hydrogen) atoms. The molecule has 1 rings (SSSR count). The van der Waals surface area contributed by atoms with Crippen molar-refractivity contribution in [3.63, 3.8) is 0 Å². The summed E-state index contributed by atoms with van der Waals surface area (Å²) in [5.74, 6) is -0.368. The van der Waals surface area contributed by atoms with E-state index in [0.717, 1.165) is 0 Å². The molecule has 494 valence electrons. The summed E-state index contributed by atoms with van der Waals surface area (Å²) >= 11 is 0. The average Bonchev–Trinajstić information content (AvgIpc) is 3.52. The van der Waals surface area contributed by atoms with Gasteiger partial charge >= 0.3 is 5.97 Å². The van der Waals surface area contributed by atoms with Gasteiger partial charge in [0.1, 0.15) is 6.61 Å². The molecular weight excluding hydrogens is 1110 g/mol. The molecule has 1 N–H and O–H groups in total. The standard InChI is InChI=1S/C59H108O25/c1-56(58-6-4-3-5-7-58)8-9-57(2)59(61)84-55-54-83-53-52-82-51-50-81-49-48-80-47-46-79-45-44-78-43-42-77-41-40-76-39-38-75-37-36-74-35-34-73-33-32-72-31-30-71-29-28-70-27-26-69-25-24-68-23-22-67-21-20-66-19-18-65-17-16-64-15-14-63-13-12-62-11-10-60/h3-9,56-57,60H,10-55H2,1-2H3. The van der Waals surface area contributed by atoms with Gasteiger partial charge in [-0.25, -0.2) is 0 Å². The van der Waals surface area contributed by atoms with E-state index in [1.807, 2.05) is 37.3 Å². The van der Waals surface area contributed by atoms with Crippen LogP contribution >= 0.6 is 0 Å². The Bertz CT molecular complexity index is 1440. The van der Waals surface area contributed by atoms with Crippen LogP contribution in [-0.4, -0.2) is 315 Å². The van der Waals surface area contributed by atoms with Crippen LogP contribution in [0.2, 0.25) is 0 Å². The van der Waals surface area contributed by atoms with Crippen LogP contribution in [-0.2, 0) is 114 Å². The number of aliphatic hydroxyl groups excluding tert-OH is 1. The highest BCUT2D eigenvalue weighted by Gasteiger charge is 2.12. The van der Waals surface area contributed by atoms with E-state index in [0.29, 0.717) is 291 Å². The number of hydrogen-bond acceptors (Lipinski definition) is 25. The van der Waals surface area contributed by atoms with Crippen LogP contribution in [0, 0.1) is 5.92 Å². The van der Waals surface area contributed by atoms with Crippen LogP contribution in [0.1, 0.15) is 25.3 Å². The molecule has 1 aromatic carbocycles. The zero-order valence-electron chi connectivity index (χ0n) is 51.0. The number of rotatable bonds is 72. The van der Waals surface area contributed by atoms with E-state index < -0.39 is 0 Å². The molecule has 0 saturated carbocycles. The summed E-state index contributed by atoms with van der Waals surface area (Å²) in [6.07, 6.45) is 3.92. The normalized spacial score (nSPS) is 12.5. The lowest BCUT2D eigenvalue weighted by molar-refractivity contribution is -0.148. The first kappa shape index (κ1) is 79.5. The Hall–Kier alpha value is -2.49. The van der Waals surface area contributed by atoms with Gasteiger partial charge in [0.2, 0.25) is 0 Å². The molecule has 2 atom stereocenters. The number of benzene rings is 1. The quantitative estimate of drug-likeness (QED) is 0.0559. The molecule has 25 nitrogen and oxygen atoms in total. The van der Waals surface area contributed by atoms with Gasteiger partial charge in [-0.05, 0) is 18.4 Å². The summed E-state index contributed by atoms with van der Waals surface area (Å²) in [5, 5.41) is 8.61. The van der Waals surface area contributed by atoms with Crippen LogP contribution in [0.25, 0.3) is 0 Å². The third-order valence-electron chi connectivity index (χ3n) is 10.9. The van der Waals surface area contributed by atoms with Crippen molar-refractivity contribution < 1.29 is 119 Å². The van der Waals surface area contributed by atoms with Gasteiger partial charge in [-0.1, -0.05) is 49.4 Å². The van der Waals surface area contributed by atoms with Crippen molar-refractivity contribution in [2.75, 3.05) is 304 Å². The van der Waals surface area contributed by atoms with Crippen molar-refractivity contribution in [2.24, 2.45) is 5.92 Å². The number of aliphatic hydroxyl groups is 1. The van der Waals surface area contributed by atoms with Crippen LogP contribution in [0.4, 0.5) is 0 Å². The highest BCUT2D eigenvalue weighted by atomic mass is 16.6. The Kier molecular flexibility index (Phi) is 65.9. The van der Waals surface area contributed by atoms with Crippen molar-refractivity contribution in [3.05, 3.63) is 48.0 Å². The van der Waals surface area contributed by atoms with Crippen LogP contribution in [0.3, 0.4) is 0 Å². The molecular formula is C59H108O25. The minimum absolute atomic E-state index is 0.0170. The van der Waals surface area contributed by atoms with E-state index in [4.69, 9.17) is 114 Å². The second kappa shape index (κ2) is 69.6. The number of esters is 1. The molecule has 2 unspecified atom stereocenters. The molecule has 0 aromatic heterocycles. The Morgan fingerprint density at radius 2 is 0.464 bits per heavy atom. The Morgan fingerprint density at radius 1 is 0.286 bits per heavy atom. The van der Waals surface area contributed by atoms with Crippen molar-refractivity contribution in [1.82, 2.24) is 0 Å². The third-order valence-corrected chi connectivity index (χ3v) is 10.9. The fourth-order valence-corrected chi connectivity index (χ4v) is 6.40. The van der Waals surface area contributed by atoms with Crippen molar-refractivity contribution in [2.45, 2.75) is 19.8 Å². The summed E-state index contributed by atoms with van der Waals surface area (Å²) < 4.78 is 126.